The summed E-state index contributed by atoms with van der Waals surface area (Å²) in [7, 11) is 0. The largest absolute Gasteiger partial charge is 0.448 e. The molecule has 144 valence electrons. The van der Waals surface area contributed by atoms with Crippen molar-refractivity contribution in [1.29, 1.82) is 0 Å². The first kappa shape index (κ1) is 19.5. The highest BCUT2D eigenvalue weighted by atomic mass is 32.1. The SMILES string of the molecule is CC(CCOC(=O)NNC(=O)c1snnc1-c1ccccc1)c1ccccc1. The van der Waals surface area contributed by atoms with Crippen LogP contribution in [0.15, 0.2) is 60.7 Å². The maximum atomic E-state index is 12.3. The number of nitrogens with one attached hydrogen (secondary N) is 2. The molecule has 1 atom stereocenters. The fraction of sp³-hybridized carbons (Fsp3) is 0.200. The monoisotopic (exact) mass is 396 g/mol. The van der Waals surface area contributed by atoms with E-state index in [2.05, 4.69) is 27.4 Å². The van der Waals surface area contributed by atoms with Crippen LogP contribution < -0.4 is 10.9 Å². The van der Waals surface area contributed by atoms with E-state index in [4.69, 9.17) is 4.74 Å². The average Bonchev–Trinajstić information content (AvgIpc) is 3.23. The van der Waals surface area contributed by atoms with Crippen LogP contribution in [0.25, 0.3) is 11.3 Å². The molecule has 2 amide bonds. The van der Waals surface area contributed by atoms with Crippen LogP contribution in [0, 0.1) is 0 Å². The summed E-state index contributed by atoms with van der Waals surface area (Å²) >= 11 is 0.958. The lowest BCUT2D eigenvalue weighted by atomic mass is 9.98. The number of hydrogen-bond acceptors (Lipinski definition) is 6. The van der Waals surface area contributed by atoms with Crippen molar-refractivity contribution in [3.05, 3.63) is 71.1 Å². The van der Waals surface area contributed by atoms with Gasteiger partial charge in [-0.25, -0.2) is 10.2 Å². The summed E-state index contributed by atoms with van der Waals surface area (Å²) in [4.78, 5) is 24.4. The first-order valence-electron chi connectivity index (χ1n) is 8.81. The molecule has 0 radical (unpaired) electrons. The molecule has 0 aliphatic rings. The Kier molecular flexibility index (Phi) is 6.69. The molecule has 0 saturated carbocycles. The number of hydrazine groups is 1. The fourth-order valence-corrected chi connectivity index (χ4v) is 3.19. The van der Waals surface area contributed by atoms with Crippen LogP contribution in [0.2, 0.25) is 0 Å². The van der Waals surface area contributed by atoms with Crippen LogP contribution in [0.3, 0.4) is 0 Å². The van der Waals surface area contributed by atoms with Crippen molar-refractivity contribution >= 4 is 23.5 Å². The van der Waals surface area contributed by atoms with E-state index >= 15 is 0 Å². The molecule has 0 spiro atoms. The summed E-state index contributed by atoms with van der Waals surface area (Å²) in [6.07, 6.45) is -0.0326. The molecular formula is C20H20N4O3S. The number of carbonyl (C=O) groups excluding carboxylic acids is 2. The normalized spacial score (nSPS) is 11.5. The number of nitrogens with zero attached hydrogens (tertiary/aromatic N) is 2. The lowest BCUT2D eigenvalue weighted by Gasteiger charge is -2.12. The second-order valence-electron chi connectivity index (χ2n) is 6.13. The van der Waals surface area contributed by atoms with E-state index in [1.807, 2.05) is 60.7 Å². The molecule has 28 heavy (non-hydrogen) atoms. The summed E-state index contributed by atoms with van der Waals surface area (Å²) in [5, 5.41) is 4.00. The molecule has 0 bridgehead atoms. The second kappa shape index (κ2) is 9.61. The van der Waals surface area contributed by atoms with Crippen molar-refractivity contribution in [3.8, 4) is 11.3 Å². The van der Waals surface area contributed by atoms with Crippen molar-refractivity contribution in [1.82, 2.24) is 20.4 Å². The lowest BCUT2D eigenvalue weighted by Crippen LogP contribution is -2.42. The molecule has 0 aliphatic carbocycles. The zero-order valence-electron chi connectivity index (χ0n) is 15.3. The molecule has 1 unspecified atom stereocenters. The molecule has 0 fully saturated rings. The Hall–Kier alpha value is -3.26. The Bertz CT molecular complexity index is 915. The Morgan fingerprint density at radius 1 is 1.04 bits per heavy atom. The van der Waals surface area contributed by atoms with Crippen LogP contribution >= 0.6 is 11.5 Å². The summed E-state index contributed by atoms with van der Waals surface area (Å²) in [6, 6.07) is 19.2. The summed E-state index contributed by atoms with van der Waals surface area (Å²) in [5.41, 5.74) is 7.02. The van der Waals surface area contributed by atoms with Gasteiger partial charge in [-0.3, -0.25) is 10.2 Å². The first-order valence-corrected chi connectivity index (χ1v) is 9.58. The van der Waals surface area contributed by atoms with E-state index in [0.717, 1.165) is 17.1 Å². The fourth-order valence-electron chi connectivity index (χ4n) is 2.60. The third-order valence-corrected chi connectivity index (χ3v) is 4.90. The van der Waals surface area contributed by atoms with E-state index in [1.165, 1.54) is 5.56 Å². The Labute approximate surface area is 166 Å². The van der Waals surface area contributed by atoms with Gasteiger partial charge in [0.2, 0.25) is 0 Å². The maximum Gasteiger partial charge on any atom is 0.426 e. The Morgan fingerprint density at radius 2 is 1.71 bits per heavy atom. The summed E-state index contributed by atoms with van der Waals surface area (Å²) in [6.45, 7) is 2.31. The van der Waals surface area contributed by atoms with Gasteiger partial charge in [0.05, 0.1) is 6.61 Å². The second-order valence-corrected chi connectivity index (χ2v) is 6.89. The number of rotatable bonds is 6. The van der Waals surface area contributed by atoms with Gasteiger partial charge in [0.25, 0.3) is 5.91 Å². The topological polar surface area (TPSA) is 93.2 Å². The highest BCUT2D eigenvalue weighted by Gasteiger charge is 2.18. The van der Waals surface area contributed by atoms with Gasteiger partial charge in [0.15, 0.2) is 0 Å². The van der Waals surface area contributed by atoms with Crippen LogP contribution in [-0.4, -0.2) is 28.2 Å². The third-order valence-electron chi connectivity index (χ3n) is 4.17. The molecule has 7 nitrogen and oxygen atoms in total. The predicted octanol–water partition coefficient (Wildman–Crippen LogP) is 3.77. The molecule has 3 aromatic rings. The molecule has 2 aromatic carbocycles. The van der Waals surface area contributed by atoms with Crippen LogP contribution in [0.1, 0.15) is 34.5 Å². The van der Waals surface area contributed by atoms with Crippen molar-refractivity contribution in [2.75, 3.05) is 6.61 Å². The highest BCUT2D eigenvalue weighted by Crippen LogP contribution is 2.23. The number of amides is 2. The van der Waals surface area contributed by atoms with Crippen LogP contribution in [0.4, 0.5) is 4.79 Å². The van der Waals surface area contributed by atoms with E-state index in [-0.39, 0.29) is 12.5 Å². The Balaban J connectivity index is 1.45. The van der Waals surface area contributed by atoms with Crippen molar-refractivity contribution in [2.45, 2.75) is 19.3 Å². The van der Waals surface area contributed by atoms with Gasteiger partial charge in [0, 0.05) is 5.56 Å². The average molecular weight is 396 g/mol. The number of ether oxygens (including phenoxy) is 1. The minimum atomic E-state index is -0.715. The van der Waals surface area contributed by atoms with Gasteiger partial charge in [-0.15, -0.1) is 5.10 Å². The quantitative estimate of drug-likeness (QED) is 0.619. The Morgan fingerprint density at radius 3 is 2.43 bits per heavy atom. The standard InChI is InChI=1S/C20H20N4O3S/c1-14(15-8-4-2-5-9-15)12-13-27-20(26)23-22-19(25)18-17(21-24-28-18)16-10-6-3-7-11-16/h2-11,14H,12-13H2,1H3,(H,22,25)(H,23,26). The van der Waals surface area contributed by atoms with Gasteiger partial charge < -0.3 is 4.74 Å². The van der Waals surface area contributed by atoms with Crippen LogP contribution in [-0.2, 0) is 4.74 Å². The van der Waals surface area contributed by atoms with Gasteiger partial charge >= 0.3 is 6.09 Å². The lowest BCUT2D eigenvalue weighted by molar-refractivity contribution is 0.0912. The van der Waals surface area contributed by atoms with Crippen molar-refractivity contribution in [3.63, 3.8) is 0 Å². The molecular weight excluding hydrogens is 376 g/mol. The van der Waals surface area contributed by atoms with Gasteiger partial charge in [-0.1, -0.05) is 72.1 Å². The van der Waals surface area contributed by atoms with E-state index < -0.39 is 12.0 Å². The molecule has 2 N–H and O–H groups in total. The molecule has 0 aliphatic heterocycles. The van der Waals surface area contributed by atoms with Crippen molar-refractivity contribution in [2.24, 2.45) is 0 Å². The minimum Gasteiger partial charge on any atom is -0.448 e. The molecule has 8 heteroatoms. The number of carbonyl (C=O) groups is 2. The molecule has 0 saturated heterocycles. The van der Waals surface area contributed by atoms with Gasteiger partial charge in [-0.05, 0) is 29.4 Å². The van der Waals surface area contributed by atoms with Crippen LogP contribution in [0.5, 0.6) is 0 Å². The third kappa shape index (κ3) is 5.14. The van der Waals surface area contributed by atoms with E-state index in [0.29, 0.717) is 17.0 Å². The minimum absolute atomic E-state index is 0.245. The zero-order valence-corrected chi connectivity index (χ0v) is 16.1. The number of benzene rings is 2. The maximum absolute atomic E-state index is 12.3. The van der Waals surface area contributed by atoms with Gasteiger partial charge in [0.1, 0.15) is 10.6 Å². The summed E-state index contributed by atoms with van der Waals surface area (Å²) < 4.78 is 8.96. The molecule has 1 heterocycles. The van der Waals surface area contributed by atoms with E-state index in [9.17, 15) is 9.59 Å². The number of hydrogen-bond donors (Lipinski definition) is 2. The highest BCUT2D eigenvalue weighted by molar-refractivity contribution is 7.08. The summed E-state index contributed by atoms with van der Waals surface area (Å²) in [5.74, 6) is -0.233. The smallest absolute Gasteiger partial charge is 0.426 e. The zero-order chi connectivity index (χ0) is 19.8. The van der Waals surface area contributed by atoms with Crippen molar-refractivity contribution < 1.29 is 14.3 Å². The predicted molar refractivity (Wildman–Crippen MR) is 107 cm³/mol. The molecule has 1 aromatic heterocycles. The number of aromatic nitrogens is 2. The van der Waals surface area contributed by atoms with Gasteiger partial charge in [-0.2, -0.15) is 0 Å². The molecule has 3 rings (SSSR count). The van der Waals surface area contributed by atoms with E-state index in [1.54, 1.807) is 0 Å². The first-order chi connectivity index (χ1) is 13.6.